The van der Waals surface area contributed by atoms with Crippen LogP contribution in [0, 0.1) is 11.8 Å². The number of rotatable bonds is 16. The Morgan fingerprint density at radius 3 is 1.60 bits per heavy atom. The van der Waals surface area contributed by atoms with Gasteiger partial charge in [-0.2, -0.15) is 0 Å². The van der Waals surface area contributed by atoms with E-state index >= 15 is 0 Å². The molecule has 5 rings (SSSR count). The fourth-order valence-electron chi connectivity index (χ4n) is 11.5. The van der Waals surface area contributed by atoms with Crippen LogP contribution in [0.4, 0.5) is 0 Å². The van der Waals surface area contributed by atoms with Crippen molar-refractivity contribution in [2.45, 2.75) is 196 Å². The van der Waals surface area contributed by atoms with Gasteiger partial charge in [0.2, 0.25) is 100 Å². The molecule has 5 heterocycles. The van der Waals surface area contributed by atoms with Gasteiger partial charge < -0.3 is 116 Å². The number of aromatic amines is 1. The zero-order chi connectivity index (χ0) is 81.1. The van der Waals surface area contributed by atoms with Crippen LogP contribution in [0.25, 0.3) is 0 Å². The highest BCUT2D eigenvalue weighted by Gasteiger charge is 2.44. The van der Waals surface area contributed by atoms with Gasteiger partial charge in [0.05, 0.1) is 32.3 Å². The zero-order valence-electron chi connectivity index (χ0n) is 60.5. The number of nitrogens with two attached hydrogens (primary N) is 3. The van der Waals surface area contributed by atoms with E-state index in [-0.39, 0.29) is 50.9 Å². The number of hydrogen-bond acceptors (Lipinski definition) is 26. The van der Waals surface area contributed by atoms with Gasteiger partial charge >= 0.3 is 11.9 Å². The molecule has 4 aliphatic heterocycles. The third kappa shape index (κ3) is 27.5. The summed E-state index contributed by atoms with van der Waals surface area (Å²) in [5.41, 5.74) is 17.3. The monoisotopic (exact) mass is 1610 g/mol. The predicted octanol–water partition coefficient (Wildman–Crippen LogP) is -8.58. The standard InChI is InChI=1S/C63H96N20O22S4/c1-7-28(4)48-61(103)77-37(49(66)91)22-106-108-25-40-57(99)76-36(21-84)54(96)70-30(6)62(104)82-14-8-10-41(82)58(100)69-29(5)50(92)78-39(24-109-107-23-38(55(97)79-40)71-44(86)19-64)56(98)73-33(17-43(65)85)53(95)80-47(27(2)3)60(102)74-34(18-46(89)90)52(94)75-35(16-31-20-67-26-68-31)63(105)83-15-9-11-42(83)59(101)72-32(51(93)81-48)12-13-45(87)88/h20,26-30,32-42,47-48,84H,7-19,21-25,64H2,1-6H3,(H2,65,85)(H2,66,91)(H,67,68)(H,69,100)(H,70,96)(H,71,86)(H,72,101)(H,73,98)(H,74,102)(H,75,94)(H,76,99)(H,77,103)(H,78,92)(H,79,97)(H,80,95)(H,81,93)(H,87,88)(H,89,90)/t28-,29-,30-,32-,33-,34-,35-,36-,37-,38-,39-,40-,41-,42-,47-,48-/m0/s1. The van der Waals surface area contributed by atoms with E-state index in [2.05, 4.69) is 79.1 Å². The van der Waals surface area contributed by atoms with E-state index in [1.807, 2.05) is 0 Å². The summed E-state index contributed by atoms with van der Waals surface area (Å²) in [6.07, 6.45) is -0.767. The molecule has 1 aromatic rings. The zero-order valence-corrected chi connectivity index (χ0v) is 63.8. The maximum absolute atomic E-state index is 14.9. The summed E-state index contributed by atoms with van der Waals surface area (Å²) < 4.78 is 0. The minimum absolute atomic E-state index is 0.0240. The van der Waals surface area contributed by atoms with Gasteiger partial charge in [-0.15, -0.1) is 0 Å². The number of aliphatic hydroxyl groups is 1. The van der Waals surface area contributed by atoms with Crippen molar-refractivity contribution < 1.29 is 106 Å². The molecule has 23 N–H and O–H groups in total. The van der Waals surface area contributed by atoms with E-state index in [9.17, 15) is 106 Å². The first-order valence-electron chi connectivity index (χ1n) is 34.8. The van der Waals surface area contributed by atoms with Crippen LogP contribution < -0.4 is 86.3 Å². The largest absolute Gasteiger partial charge is 0.481 e. The van der Waals surface area contributed by atoms with Gasteiger partial charge in [0, 0.05) is 60.8 Å². The van der Waals surface area contributed by atoms with Gasteiger partial charge in [-0.3, -0.25) is 91.1 Å². The van der Waals surface area contributed by atoms with Gasteiger partial charge in [0.15, 0.2) is 0 Å². The van der Waals surface area contributed by atoms with Crippen molar-refractivity contribution in [1.82, 2.24) is 88.9 Å². The number of primary amides is 2. The average Bonchev–Trinajstić information content (AvgIpc) is 1.75. The number of aliphatic hydroxyl groups excluding tert-OH is 1. The molecule has 1 aromatic heterocycles. The van der Waals surface area contributed by atoms with Crippen molar-refractivity contribution in [2.24, 2.45) is 29.0 Å². The lowest BCUT2D eigenvalue weighted by molar-refractivity contribution is -0.144. The Labute approximate surface area is 640 Å². The molecule has 42 nitrogen and oxygen atoms in total. The van der Waals surface area contributed by atoms with Crippen LogP contribution in [0.15, 0.2) is 12.5 Å². The van der Waals surface area contributed by atoms with E-state index in [1.54, 1.807) is 13.8 Å². The van der Waals surface area contributed by atoms with Gasteiger partial charge in [0.1, 0.15) is 90.6 Å². The quantitative estimate of drug-likeness (QED) is 0.0684. The highest BCUT2D eigenvalue weighted by atomic mass is 33.1. The lowest BCUT2D eigenvalue weighted by atomic mass is 9.97. The Balaban J connectivity index is 1.65. The first-order chi connectivity index (χ1) is 51.5. The summed E-state index contributed by atoms with van der Waals surface area (Å²) in [5, 5.41) is 61.9. The van der Waals surface area contributed by atoms with Crippen LogP contribution in [0.1, 0.15) is 105 Å². The number of hydrogen-bond donors (Lipinski definition) is 20. The maximum atomic E-state index is 14.9. The lowest BCUT2D eigenvalue weighted by Crippen LogP contribution is -2.62. The molecule has 16 atom stereocenters. The second kappa shape index (κ2) is 43.6. The van der Waals surface area contributed by atoms with Crippen molar-refractivity contribution >= 4 is 156 Å². The number of carbonyl (C=O) groups is 19. The summed E-state index contributed by atoms with van der Waals surface area (Å²) >= 11 is 0. The number of carboxylic acid groups (broad SMARTS) is 2. The molecule has 0 aromatic carbocycles. The third-order valence-electron chi connectivity index (χ3n) is 17.8. The first-order valence-corrected chi connectivity index (χ1v) is 39.8. The van der Waals surface area contributed by atoms with Gasteiger partial charge in [-0.1, -0.05) is 77.3 Å². The van der Waals surface area contributed by atoms with Gasteiger partial charge in [0.25, 0.3) is 0 Å². The number of H-pyrrole nitrogens is 1. The molecule has 0 unspecified atom stereocenters. The molecule has 17 amide bonds. The van der Waals surface area contributed by atoms with Crippen LogP contribution in [0.5, 0.6) is 0 Å². The number of imidazole rings is 1. The van der Waals surface area contributed by atoms with E-state index < -0.39 is 283 Å². The molecule has 2 bridgehead atoms. The fourth-order valence-corrected chi connectivity index (χ4v) is 16.2. The number of carbonyl (C=O) groups excluding carboxylic acids is 17. The molecule has 4 saturated heterocycles. The molecule has 0 aliphatic carbocycles. The van der Waals surface area contributed by atoms with E-state index in [0.717, 1.165) is 53.0 Å². The van der Waals surface area contributed by atoms with Gasteiger partial charge in [-0.25, -0.2) is 4.98 Å². The fraction of sp³-hybridized carbons (Fsp3) is 0.651. The minimum Gasteiger partial charge on any atom is -0.481 e. The number of aromatic nitrogens is 2. The summed E-state index contributed by atoms with van der Waals surface area (Å²) in [6.45, 7) is 6.50. The molecule has 4 aliphatic rings. The maximum Gasteiger partial charge on any atom is 0.305 e. The van der Waals surface area contributed by atoms with Crippen molar-refractivity contribution in [1.29, 1.82) is 0 Å². The molecule has 604 valence electrons. The van der Waals surface area contributed by atoms with Crippen LogP contribution in [0.2, 0.25) is 0 Å². The van der Waals surface area contributed by atoms with Crippen LogP contribution in [0.3, 0.4) is 0 Å². The number of carboxylic acids is 2. The molecule has 109 heavy (non-hydrogen) atoms. The Morgan fingerprint density at radius 2 is 1.05 bits per heavy atom. The van der Waals surface area contributed by atoms with Crippen molar-refractivity contribution in [3.8, 4) is 0 Å². The lowest BCUT2D eigenvalue weighted by Gasteiger charge is -2.31. The summed E-state index contributed by atoms with van der Waals surface area (Å²) in [7, 11) is 3.12. The average molecular weight is 1610 g/mol. The Morgan fingerprint density at radius 1 is 0.550 bits per heavy atom. The molecule has 46 heteroatoms. The van der Waals surface area contributed by atoms with Crippen molar-refractivity contribution in [2.75, 3.05) is 49.3 Å². The molecule has 0 saturated carbocycles. The van der Waals surface area contributed by atoms with Gasteiger partial charge in [-0.05, 0) is 57.8 Å². The number of amides is 17. The molecule has 0 radical (unpaired) electrons. The van der Waals surface area contributed by atoms with Crippen LogP contribution >= 0.6 is 43.2 Å². The van der Waals surface area contributed by atoms with Crippen LogP contribution in [-0.4, -0.2) is 287 Å². The Hall–Kier alpha value is -9.54. The number of nitrogens with zero attached hydrogens (tertiary/aromatic N) is 3. The molecule has 4 fully saturated rings. The third-order valence-corrected chi connectivity index (χ3v) is 22.6. The minimum atomic E-state index is -2.06. The molecule has 0 spiro atoms. The Bertz CT molecular complexity index is 3530. The van der Waals surface area contributed by atoms with E-state index in [4.69, 9.17) is 17.2 Å². The predicted molar refractivity (Wildman–Crippen MR) is 391 cm³/mol. The van der Waals surface area contributed by atoms with E-state index in [1.165, 1.54) is 40.2 Å². The molecular weight excluding hydrogens is 1520 g/mol. The number of fused-ring (bicyclic) bond motifs is 10. The summed E-state index contributed by atoms with van der Waals surface area (Å²) in [6, 6.07) is -24.9. The second-order valence-corrected chi connectivity index (χ2v) is 31.6. The van der Waals surface area contributed by atoms with Crippen LogP contribution in [-0.2, 0) is 97.5 Å². The van der Waals surface area contributed by atoms with E-state index in [0.29, 0.717) is 0 Å². The number of aliphatic carboxylic acids is 2. The van der Waals surface area contributed by atoms with Crippen molar-refractivity contribution in [3.05, 3.63) is 18.2 Å². The second-order valence-electron chi connectivity index (χ2n) is 26.5. The summed E-state index contributed by atoms with van der Waals surface area (Å²) in [5.74, 6) is -25.1. The normalized spacial score (nSPS) is 28.6. The first kappa shape index (κ1) is 90.1. The SMILES string of the molecule is CC[C@H](C)[C@@H]1NC(=O)[C@H](CCC(=O)O)NC(=O)[C@@H]2CCCN2C(=O)[C@H](Cc2cnc[nH]2)NC(=O)[C@H](CC(=O)O)NC(=O)[C@H](C(C)C)NC(=O)[C@H](CC(N)=O)NC(=O)[C@@H]2CSSC[C@H](NC(=O)CN)C(=O)N[C@@H](CSSC[C@@H](C(N)=O)NC1=O)C(=O)N[C@@H](CO)C(=O)N[C@@H](C)C(=O)N1CCC[C@H]1C(=O)N[C@@H](C)C(=O)N2. The topological polar surface area (TPSA) is 655 Å². The Kier molecular flexibility index (Phi) is 36.0. The highest BCUT2D eigenvalue weighted by Crippen LogP contribution is 2.27. The highest BCUT2D eigenvalue weighted by molar-refractivity contribution is 8.77. The smallest absolute Gasteiger partial charge is 0.305 e. The number of nitrogens with one attached hydrogen (secondary N) is 14. The van der Waals surface area contributed by atoms with Crippen molar-refractivity contribution in [3.63, 3.8) is 0 Å². The summed E-state index contributed by atoms with van der Waals surface area (Å²) in [4.78, 5) is 273. The molecular formula is C63H96N20O22S4.